The minimum atomic E-state index is -0.463. The molecule has 0 N–H and O–H groups in total. The number of rotatable bonds is 3. The number of nitrogens with zero attached hydrogens (tertiary/aromatic N) is 3. The monoisotopic (exact) mass is 237 g/mol. The molecule has 6 heteroatoms. The summed E-state index contributed by atoms with van der Waals surface area (Å²) in [5, 5.41) is 0. The van der Waals surface area contributed by atoms with E-state index in [0.29, 0.717) is 0 Å². The lowest BCUT2D eigenvalue weighted by Crippen LogP contribution is -2.43. The molecule has 1 heterocycles. The zero-order chi connectivity index (χ0) is 12.6. The van der Waals surface area contributed by atoms with E-state index in [9.17, 15) is 14.4 Å². The highest BCUT2D eigenvalue weighted by molar-refractivity contribution is 5.76. The molecule has 1 aromatic heterocycles. The number of likely N-dealkylation sites (N-methyl/N-ethyl adjacent to an activating group) is 1. The van der Waals surface area contributed by atoms with Crippen LogP contribution in [0.5, 0.6) is 0 Å². The Balaban J connectivity index is 2.24. The first kappa shape index (κ1) is 11.6. The standard InChI is InChI=1S/C11H15N3O3/c1-12-6-5-9(15)14(11(12)17)7-10(16)13(2)8-3-4-8/h5-6,8H,3-4,7H2,1-2H3. The van der Waals surface area contributed by atoms with Gasteiger partial charge in [-0.3, -0.25) is 14.2 Å². The third kappa shape index (κ3) is 2.30. The van der Waals surface area contributed by atoms with Crippen LogP contribution in [0.2, 0.25) is 0 Å². The van der Waals surface area contributed by atoms with Crippen LogP contribution in [0.1, 0.15) is 12.8 Å². The van der Waals surface area contributed by atoms with Crippen molar-refractivity contribution in [3.63, 3.8) is 0 Å². The summed E-state index contributed by atoms with van der Waals surface area (Å²) in [5.74, 6) is -0.196. The lowest BCUT2D eigenvalue weighted by molar-refractivity contribution is -0.131. The predicted octanol–water partition coefficient (Wildman–Crippen LogP) is -0.832. The van der Waals surface area contributed by atoms with Crippen molar-refractivity contribution in [1.29, 1.82) is 0 Å². The number of carbonyl (C=O) groups is 1. The van der Waals surface area contributed by atoms with E-state index < -0.39 is 11.2 Å². The summed E-state index contributed by atoms with van der Waals surface area (Å²) >= 11 is 0. The van der Waals surface area contributed by atoms with Gasteiger partial charge in [0.05, 0.1) is 0 Å². The molecule has 0 atom stereocenters. The summed E-state index contributed by atoms with van der Waals surface area (Å²) in [7, 11) is 3.26. The molecule has 1 aliphatic carbocycles. The minimum absolute atomic E-state index is 0.181. The molecule has 1 amide bonds. The van der Waals surface area contributed by atoms with Crippen LogP contribution in [0.25, 0.3) is 0 Å². The number of aromatic nitrogens is 2. The Morgan fingerprint density at radius 2 is 2.12 bits per heavy atom. The average molecular weight is 237 g/mol. The Morgan fingerprint density at radius 3 is 2.71 bits per heavy atom. The van der Waals surface area contributed by atoms with Crippen LogP contribution < -0.4 is 11.2 Å². The second-order valence-electron chi connectivity index (χ2n) is 4.37. The van der Waals surface area contributed by atoms with Crippen LogP contribution in [0.4, 0.5) is 0 Å². The summed E-state index contributed by atoms with van der Waals surface area (Å²) in [6, 6.07) is 1.57. The van der Waals surface area contributed by atoms with E-state index in [-0.39, 0.29) is 18.5 Å². The SMILES string of the molecule is CN(C(=O)Cn1c(=O)ccn(C)c1=O)C1CC1. The fraction of sp³-hybridized carbons (Fsp3) is 0.545. The Bertz CT molecular complexity index is 554. The van der Waals surface area contributed by atoms with E-state index in [0.717, 1.165) is 17.4 Å². The zero-order valence-corrected chi connectivity index (χ0v) is 9.92. The normalized spacial score (nSPS) is 14.7. The lowest BCUT2D eigenvalue weighted by atomic mass is 10.4. The van der Waals surface area contributed by atoms with Crippen LogP contribution >= 0.6 is 0 Å². The van der Waals surface area contributed by atoms with Crippen LogP contribution in [0.3, 0.4) is 0 Å². The first-order valence-electron chi connectivity index (χ1n) is 5.53. The molecular formula is C11H15N3O3. The number of hydrogen-bond donors (Lipinski definition) is 0. The Hall–Kier alpha value is -1.85. The number of aryl methyl sites for hydroxylation is 1. The van der Waals surface area contributed by atoms with Gasteiger partial charge in [0, 0.05) is 32.4 Å². The smallest absolute Gasteiger partial charge is 0.331 e. The number of carbonyl (C=O) groups excluding carboxylic acids is 1. The molecule has 0 spiro atoms. The van der Waals surface area contributed by atoms with E-state index >= 15 is 0 Å². The summed E-state index contributed by atoms with van der Waals surface area (Å²) in [4.78, 5) is 36.6. The molecule has 0 aliphatic heterocycles. The third-order valence-corrected chi connectivity index (χ3v) is 3.02. The maximum Gasteiger partial charge on any atom is 0.331 e. The van der Waals surface area contributed by atoms with Crippen molar-refractivity contribution in [1.82, 2.24) is 14.0 Å². The lowest BCUT2D eigenvalue weighted by Gasteiger charge is -2.16. The first-order valence-corrected chi connectivity index (χ1v) is 5.53. The van der Waals surface area contributed by atoms with Crippen molar-refractivity contribution in [2.75, 3.05) is 7.05 Å². The van der Waals surface area contributed by atoms with Crippen molar-refractivity contribution in [2.45, 2.75) is 25.4 Å². The van der Waals surface area contributed by atoms with Crippen molar-refractivity contribution < 1.29 is 4.79 Å². The third-order valence-electron chi connectivity index (χ3n) is 3.02. The second-order valence-corrected chi connectivity index (χ2v) is 4.37. The van der Waals surface area contributed by atoms with Crippen LogP contribution in [0.15, 0.2) is 21.9 Å². The Morgan fingerprint density at radius 1 is 1.47 bits per heavy atom. The maximum absolute atomic E-state index is 11.8. The Labute approximate surface area is 98.1 Å². The summed E-state index contributed by atoms with van der Waals surface area (Å²) < 4.78 is 2.24. The first-order chi connectivity index (χ1) is 8.00. The molecule has 1 saturated carbocycles. The predicted molar refractivity (Wildman–Crippen MR) is 61.7 cm³/mol. The molecule has 17 heavy (non-hydrogen) atoms. The van der Waals surface area contributed by atoms with Gasteiger partial charge in [0.15, 0.2) is 0 Å². The molecule has 0 radical (unpaired) electrons. The molecule has 0 aromatic carbocycles. The largest absolute Gasteiger partial charge is 0.341 e. The Kier molecular flexibility index (Phi) is 2.87. The molecule has 0 unspecified atom stereocenters. The van der Waals surface area contributed by atoms with E-state index in [1.165, 1.54) is 16.8 Å². The van der Waals surface area contributed by atoms with Gasteiger partial charge in [-0.25, -0.2) is 4.79 Å². The second kappa shape index (κ2) is 4.20. The van der Waals surface area contributed by atoms with E-state index in [2.05, 4.69) is 0 Å². The van der Waals surface area contributed by atoms with Crippen molar-refractivity contribution in [2.24, 2.45) is 7.05 Å². The van der Waals surface area contributed by atoms with Gasteiger partial charge in [-0.2, -0.15) is 0 Å². The molecular weight excluding hydrogens is 222 g/mol. The number of hydrogen-bond acceptors (Lipinski definition) is 3. The maximum atomic E-state index is 11.8. The highest BCUT2D eigenvalue weighted by Gasteiger charge is 2.29. The molecule has 0 saturated heterocycles. The average Bonchev–Trinajstić information content (AvgIpc) is 3.12. The van der Waals surface area contributed by atoms with Crippen LogP contribution in [0, 0.1) is 0 Å². The molecule has 2 rings (SSSR count). The van der Waals surface area contributed by atoms with Crippen LogP contribution in [-0.2, 0) is 18.4 Å². The fourth-order valence-electron chi connectivity index (χ4n) is 1.67. The van der Waals surface area contributed by atoms with Gasteiger partial charge in [-0.05, 0) is 12.8 Å². The highest BCUT2D eigenvalue weighted by Crippen LogP contribution is 2.25. The van der Waals surface area contributed by atoms with Gasteiger partial charge in [0.25, 0.3) is 5.56 Å². The van der Waals surface area contributed by atoms with Gasteiger partial charge in [0.1, 0.15) is 6.54 Å². The van der Waals surface area contributed by atoms with Crippen molar-refractivity contribution >= 4 is 5.91 Å². The molecule has 1 fully saturated rings. The highest BCUT2D eigenvalue weighted by atomic mass is 16.2. The molecule has 1 aliphatic rings. The van der Waals surface area contributed by atoms with Gasteiger partial charge >= 0.3 is 5.69 Å². The van der Waals surface area contributed by atoms with E-state index in [1.54, 1.807) is 19.0 Å². The molecule has 6 nitrogen and oxygen atoms in total. The van der Waals surface area contributed by atoms with Gasteiger partial charge in [0.2, 0.25) is 5.91 Å². The molecule has 1 aromatic rings. The van der Waals surface area contributed by atoms with E-state index in [4.69, 9.17) is 0 Å². The quantitative estimate of drug-likeness (QED) is 0.689. The summed E-state index contributed by atoms with van der Waals surface area (Å²) in [6.45, 7) is -0.181. The van der Waals surface area contributed by atoms with Gasteiger partial charge in [-0.1, -0.05) is 0 Å². The summed E-state index contributed by atoms with van der Waals surface area (Å²) in [6.07, 6.45) is 3.41. The van der Waals surface area contributed by atoms with Crippen molar-refractivity contribution in [3.8, 4) is 0 Å². The minimum Gasteiger partial charge on any atom is -0.341 e. The zero-order valence-electron chi connectivity index (χ0n) is 9.92. The van der Waals surface area contributed by atoms with Gasteiger partial charge in [-0.15, -0.1) is 0 Å². The molecule has 92 valence electrons. The summed E-state index contributed by atoms with van der Waals surface area (Å²) in [5.41, 5.74) is -0.902. The van der Waals surface area contributed by atoms with Crippen molar-refractivity contribution in [3.05, 3.63) is 33.1 Å². The topological polar surface area (TPSA) is 64.3 Å². The fourth-order valence-corrected chi connectivity index (χ4v) is 1.67. The number of amides is 1. The van der Waals surface area contributed by atoms with E-state index in [1.807, 2.05) is 0 Å². The van der Waals surface area contributed by atoms with Gasteiger partial charge < -0.3 is 9.47 Å². The van der Waals surface area contributed by atoms with Crippen LogP contribution in [-0.4, -0.2) is 33.0 Å². The molecule has 0 bridgehead atoms.